The number of carbonyl (C=O) groups excluding carboxylic acids is 2. The van der Waals surface area contributed by atoms with Crippen molar-refractivity contribution >= 4 is 44.8 Å². The average molecular weight is 481 g/mol. The highest BCUT2D eigenvalue weighted by Gasteiger charge is 2.20. The van der Waals surface area contributed by atoms with E-state index in [0.717, 1.165) is 17.5 Å². The minimum atomic E-state index is -0.563. The highest BCUT2D eigenvalue weighted by molar-refractivity contribution is 7.18. The van der Waals surface area contributed by atoms with Crippen LogP contribution in [0, 0.1) is 10.1 Å². The lowest BCUT2D eigenvalue weighted by Crippen LogP contribution is -2.29. The summed E-state index contributed by atoms with van der Waals surface area (Å²) in [6.45, 7) is 0.486. The molecule has 1 aromatic heterocycles. The van der Waals surface area contributed by atoms with Crippen molar-refractivity contribution < 1.29 is 33.5 Å². The van der Waals surface area contributed by atoms with E-state index in [9.17, 15) is 19.7 Å². The van der Waals surface area contributed by atoms with Crippen LogP contribution >= 0.6 is 11.3 Å². The van der Waals surface area contributed by atoms with Crippen molar-refractivity contribution in [1.82, 2.24) is 4.98 Å². The molecule has 0 aliphatic rings. The Balaban J connectivity index is 2.38. The summed E-state index contributed by atoms with van der Waals surface area (Å²) in [5.74, 6) is -0.120. The van der Waals surface area contributed by atoms with Crippen LogP contribution in [0.15, 0.2) is 28.6 Å². The van der Waals surface area contributed by atoms with Gasteiger partial charge < -0.3 is 23.8 Å². The minimum absolute atomic E-state index is 0.0768. The van der Waals surface area contributed by atoms with E-state index in [1.165, 1.54) is 28.4 Å². The number of esters is 2. The number of nitrogens with zero attached hydrogens (tertiary/aromatic N) is 5. The summed E-state index contributed by atoms with van der Waals surface area (Å²) in [6, 6.07) is 3.19. The van der Waals surface area contributed by atoms with Gasteiger partial charge in [-0.15, -0.1) is 10.2 Å². The number of benzene rings is 1. The van der Waals surface area contributed by atoms with Gasteiger partial charge in [0.25, 0.3) is 0 Å². The molecular weight excluding hydrogens is 458 g/mol. The molecule has 0 atom stereocenters. The number of rotatable bonds is 12. The maximum Gasteiger partial charge on any atom is 0.345 e. The van der Waals surface area contributed by atoms with Gasteiger partial charge in [-0.05, 0) is 11.3 Å². The lowest BCUT2D eigenvalue weighted by atomic mass is 10.2. The van der Waals surface area contributed by atoms with Crippen LogP contribution in [0.3, 0.4) is 0 Å². The molecule has 0 unspecified atom stereocenters. The fourth-order valence-electron chi connectivity index (χ4n) is 2.68. The summed E-state index contributed by atoms with van der Waals surface area (Å²) in [5, 5.41) is 18.8. The Morgan fingerprint density at radius 2 is 1.64 bits per heavy atom. The number of aromatic nitrogens is 1. The third-order valence-corrected chi connectivity index (χ3v) is 5.19. The summed E-state index contributed by atoms with van der Waals surface area (Å²) in [6.07, 6.45) is 1.25. The van der Waals surface area contributed by atoms with Gasteiger partial charge in [0, 0.05) is 25.2 Å². The largest absolute Gasteiger partial charge is 0.494 e. The minimum Gasteiger partial charge on any atom is -0.494 e. The summed E-state index contributed by atoms with van der Waals surface area (Å²) >= 11 is 0.776. The lowest BCUT2D eigenvalue weighted by molar-refractivity contribution is -0.380. The smallest absolute Gasteiger partial charge is 0.345 e. The van der Waals surface area contributed by atoms with Crippen molar-refractivity contribution in [2.75, 3.05) is 46.4 Å². The van der Waals surface area contributed by atoms with Crippen LogP contribution < -0.4 is 14.4 Å². The molecule has 0 N–H and O–H groups in total. The van der Waals surface area contributed by atoms with E-state index in [4.69, 9.17) is 18.9 Å². The third kappa shape index (κ3) is 7.10. The Morgan fingerprint density at radius 1 is 1.03 bits per heavy atom. The van der Waals surface area contributed by atoms with E-state index >= 15 is 0 Å². The van der Waals surface area contributed by atoms with Gasteiger partial charge in [0.2, 0.25) is 5.13 Å². The number of hydrogen-bond acceptors (Lipinski definition) is 13. The number of anilines is 1. The van der Waals surface area contributed by atoms with Crippen LogP contribution in [0.25, 0.3) is 0 Å². The third-order valence-electron chi connectivity index (χ3n) is 4.35. The van der Waals surface area contributed by atoms with Gasteiger partial charge in [-0.3, -0.25) is 19.7 Å². The Kier molecular flexibility index (Phi) is 9.47. The van der Waals surface area contributed by atoms with E-state index in [0.29, 0.717) is 17.2 Å². The SMILES string of the molecule is COC(=O)CCN(CCC(=O)OC)c1cc(OC)c(N=Nc2ncc([N+](=O)[O-])s2)cc1OC. The summed E-state index contributed by atoms with van der Waals surface area (Å²) in [4.78, 5) is 39.2. The number of carbonyl (C=O) groups is 2. The second-order valence-electron chi connectivity index (χ2n) is 6.27. The number of thiazole rings is 1. The fourth-order valence-corrected chi connectivity index (χ4v) is 3.24. The first-order valence-electron chi connectivity index (χ1n) is 9.49. The van der Waals surface area contributed by atoms with Gasteiger partial charge in [-0.1, -0.05) is 0 Å². The quantitative estimate of drug-likeness (QED) is 0.190. The molecule has 1 heterocycles. The lowest BCUT2D eigenvalue weighted by Gasteiger charge is -2.26. The predicted octanol–water partition coefficient (Wildman–Crippen LogP) is 3.42. The van der Waals surface area contributed by atoms with Crippen molar-refractivity contribution in [2.24, 2.45) is 10.2 Å². The second-order valence-corrected chi connectivity index (χ2v) is 7.26. The molecule has 0 fully saturated rings. The Morgan fingerprint density at radius 3 is 2.12 bits per heavy atom. The predicted molar refractivity (Wildman–Crippen MR) is 118 cm³/mol. The van der Waals surface area contributed by atoms with Crippen LogP contribution in [-0.4, -0.2) is 63.4 Å². The van der Waals surface area contributed by atoms with Crippen molar-refractivity contribution in [3.8, 4) is 11.5 Å². The van der Waals surface area contributed by atoms with Gasteiger partial charge in [0.05, 0.1) is 51.9 Å². The van der Waals surface area contributed by atoms with Gasteiger partial charge >= 0.3 is 16.9 Å². The van der Waals surface area contributed by atoms with Crippen LogP contribution in [-0.2, 0) is 19.1 Å². The molecule has 1 aromatic carbocycles. The van der Waals surface area contributed by atoms with Crippen molar-refractivity contribution in [3.05, 3.63) is 28.4 Å². The molecule has 178 valence electrons. The highest BCUT2D eigenvalue weighted by Crippen LogP contribution is 2.41. The van der Waals surface area contributed by atoms with E-state index in [2.05, 4.69) is 15.2 Å². The molecule has 0 spiro atoms. The molecule has 2 rings (SSSR count). The maximum atomic E-state index is 11.7. The first-order valence-corrected chi connectivity index (χ1v) is 10.3. The van der Waals surface area contributed by atoms with Crippen LogP contribution in [0.2, 0.25) is 0 Å². The Labute approximate surface area is 193 Å². The summed E-state index contributed by atoms with van der Waals surface area (Å²) in [5.41, 5.74) is 0.836. The molecule has 14 heteroatoms. The summed E-state index contributed by atoms with van der Waals surface area (Å²) in [7, 11) is 5.48. The monoisotopic (exact) mass is 481 g/mol. The normalized spacial score (nSPS) is 10.7. The van der Waals surface area contributed by atoms with Crippen LogP contribution in [0.1, 0.15) is 12.8 Å². The topological polar surface area (TPSA) is 155 Å². The van der Waals surface area contributed by atoms with Crippen LogP contribution in [0.4, 0.5) is 21.5 Å². The zero-order valence-corrected chi connectivity index (χ0v) is 19.3. The molecule has 0 saturated carbocycles. The standard InChI is InChI=1S/C19H23N5O8S/c1-29-14-10-13(23(7-5-17(25)31-3)8-6-18(26)32-4)15(30-2)9-12(14)21-22-19-20-11-16(33-19)24(27)28/h9-11H,5-8H2,1-4H3. The zero-order valence-electron chi connectivity index (χ0n) is 18.5. The van der Waals surface area contributed by atoms with Gasteiger partial charge in [0.15, 0.2) is 0 Å². The molecule has 0 amide bonds. The second kappa shape index (κ2) is 12.3. The average Bonchev–Trinajstić information content (AvgIpc) is 3.31. The van der Waals surface area contributed by atoms with Crippen molar-refractivity contribution in [1.29, 1.82) is 0 Å². The first-order chi connectivity index (χ1) is 15.8. The molecule has 0 aliphatic heterocycles. The van der Waals surface area contributed by atoms with Crippen molar-refractivity contribution in [2.45, 2.75) is 12.8 Å². The molecular formula is C19H23N5O8S. The van der Waals surface area contributed by atoms with E-state index in [1.54, 1.807) is 17.0 Å². The molecule has 2 aromatic rings. The molecule has 0 aliphatic carbocycles. The molecule has 33 heavy (non-hydrogen) atoms. The number of ether oxygens (including phenoxy) is 4. The van der Waals surface area contributed by atoms with Gasteiger partial charge in [-0.25, -0.2) is 4.98 Å². The number of methoxy groups -OCH3 is 4. The zero-order chi connectivity index (χ0) is 24.4. The fraction of sp³-hybridized carbons (Fsp3) is 0.421. The van der Waals surface area contributed by atoms with E-state index in [1.807, 2.05) is 0 Å². The van der Waals surface area contributed by atoms with Gasteiger partial charge in [-0.2, -0.15) is 0 Å². The van der Waals surface area contributed by atoms with Crippen LogP contribution in [0.5, 0.6) is 11.5 Å². The Hall–Kier alpha value is -3.81. The molecule has 0 radical (unpaired) electrons. The number of hydrogen-bond donors (Lipinski definition) is 0. The maximum absolute atomic E-state index is 11.7. The van der Waals surface area contributed by atoms with E-state index < -0.39 is 16.9 Å². The molecule has 0 saturated heterocycles. The van der Waals surface area contributed by atoms with Gasteiger partial charge in [0.1, 0.15) is 23.4 Å². The highest BCUT2D eigenvalue weighted by atomic mass is 32.1. The first kappa shape index (κ1) is 25.5. The molecule has 0 bridgehead atoms. The van der Waals surface area contributed by atoms with Crippen molar-refractivity contribution in [3.63, 3.8) is 0 Å². The summed E-state index contributed by atoms with van der Waals surface area (Å²) < 4.78 is 20.3. The Bertz CT molecular complexity index is 1010. The number of azo groups is 1. The van der Waals surface area contributed by atoms with E-state index in [-0.39, 0.29) is 41.8 Å². The molecule has 13 nitrogen and oxygen atoms in total. The number of nitro groups is 1.